The Labute approximate surface area is 200 Å². The maximum Gasteiger partial charge on any atom is 0.416 e. The van der Waals surface area contributed by atoms with Crippen molar-refractivity contribution in [2.45, 2.75) is 46.1 Å². The largest absolute Gasteiger partial charge is 0.488 e. The van der Waals surface area contributed by atoms with E-state index in [2.05, 4.69) is 4.98 Å². The van der Waals surface area contributed by atoms with Gasteiger partial charge in [-0.25, -0.2) is 9.78 Å². The molecule has 9 heteroatoms. The monoisotopic (exact) mass is 493 g/mol. The number of aryl methyl sites for hydroxylation is 1. The van der Waals surface area contributed by atoms with Crippen LogP contribution >= 0.6 is 11.3 Å². The fraction of sp³-hybridized carbons (Fsp3) is 0.360. The first kappa shape index (κ1) is 25.7. The Bertz CT molecular complexity index is 1100. The smallest absolute Gasteiger partial charge is 0.416 e. The molecule has 0 saturated heterocycles. The highest BCUT2D eigenvalue weighted by Gasteiger charge is 2.30. The summed E-state index contributed by atoms with van der Waals surface area (Å²) in [7, 11) is 0. The van der Waals surface area contributed by atoms with Gasteiger partial charge in [-0.15, -0.1) is 11.3 Å². The normalized spacial score (nSPS) is 12.4. The third-order valence-electron chi connectivity index (χ3n) is 5.03. The van der Waals surface area contributed by atoms with E-state index in [0.29, 0.717) is 36.0 Å². The number of benzene rings is 2. The molecule has 1 aromatic heterocycles. The van der Waals surface area contributed by atoms with Crippen molar-refractivity contribution < 1.29 is 32.2 Å². The molecule has 5 nitrogen and oxygen atoms in total. The maximum absolute atomic E-state index is 12.7. The SMILES string of the molecule is CCOC(=O)C(Cc1ccc(OCc2cnc(-c3ccc(C(F)(F)F)cc3)s2)cc1C)OCC. The van der Waals surface area contributed by atoms with Crippen molar-refractivity contribution in [2.24, 2.45) is 0 Å². The predicted molar refractivity (Wildman–Crippen MR) is 124 cm³/mol. The van der Waals surface area contributed by atoms with Gasteiger partial charge in [-0.05, 0) is 56.2 Å². The van der Waals surface area contributed by atoms with E-state index in [1.807, 2.05) is 32.0 Å². The fourth-order valence-electron chi connectivity index (χ4n) is 3.30. The Balaban J connectivity index is 1.61. The summed E-state index contributed by atoms with van der Waals surface area (Å²) in [6.45, 7) is 6.51. The second kappa shape index (κ2) is 11.5. The summed E-state index contributed by atoms with van der Waals surface area (Å²) in [6, 6.07) is 10.6. The lowest BCUT2D eigenvalue weighted by molar-refractivity contribution is -0.156. The van der Waals surface area contributed by atoms with Crippen LogP contribution in [-0.2, 0) is 33.5 Å². The second-order valence-electron chi connectivity index (χ2n) is 7.48. The lowest BCUT2D eigenvalue weighted by Crippen LogP contribution is -2.29. The zero-order valence-electron chi connectivity index (χ0n) is 19.1. The molecule has 3 aromatic rings. The minimum Gasteiger partial charge on any atom is -0.488 e. The van der Waals surface area contributed by atoms with Crippen molar-refractivity contribution in [1.82, 2.24) is 4.98 Å². The summed E-state index contributed by atoms with van der Waals surface area (Å²) < 4.78 is 54.8. The van der Waals surface area contributed by atoms with Gasteiger partial charge < -0.3 is 14.2 Å². The standard InChI is InChI=1S/C25H26F3NO4S/c1-4-31-22(24(30)32-5-2)13-18-8-11-20(12-16(18)3)33-15-21-14-29-23(34-21)17-6-9-19(10-7-17)25(26,27)28/h6-12,14,22H,4-5,13,15H2,1-3H3. The molecule has 34 heavy (non-hydrogen) atoms. The molecule has 0 saturated carbocycles. The number of hydrogen-bond acceptors (Lipinski definition) is 6. The van der Waals surface area contributed by atoms with E-state index in [4.69, 9.17) is 14.2 Å². The van der Waals surface area contributed by atoms with Gasteiger partial charge in [-0.2, -0.15) is 13.2 Å². The number of halogens is 3. The molecule has 0 amide bonds. The number of aromatic nitrogens is 1. The summed E-state index contributed by atoms with van der Waals surface area (Å²) in [5.74, 6) is 0.285. The topological polar surface area (TPSA) is 57.7 Å². The number of carbonyl (C=O) groups excluding carboxylic acids is 1. The Hall–Kier alpha value is -2.91. The van der Waals surface area contributed by atoms with Crippen molar-refractivity contribution in [3.8, 4) is 16.3 Å². The minimum atomic E-state index is -4.36. The molecule has 0 aliphatic heterocycles. The van der Waals surface area contributed by atoms with Crippen molar-refractivity contribution in [1.29, 1.82) is 0 Å². The highest BCUT2D eigenvalue weighted by atomic mass is 32.1. The van der Waals surface area contributed by atoms with E-state index in [1.165, 1.54) is 23.5 Å². The van der Waals surface area contributed by atoms with Crippen LogP contribution < -0.4 is 4.74 Å². The van der Waals surface area contributed by atoms with Gasteiger partial charge in [0.25, 0.3) is 0 Å². The quantitative estimate of drug-likeness (QED) is 0.314. The third-order valence-corrected chi connectivity index (χ3v) is 6.05. The lowest BCUT2D eigenvalue weighted by Gasteiger charge is -2.17. The molecule has 1 atom stereocenters. The van der Waals surface area contributed by atoms with Crippen LogP contribution in [0.25, 0.3) is 10.6 Å². The number of alkyl halides is 3. The van der Waals surface area contributed by atoms with Crippen LogP contribution in [0.4, 0.5) is 13.2 Å². The number of rotatable bonds is 10. The molecule has 0 N–H and O–H groups in total. The summed E-state index contributed by atoms with van der Waals surface area (Å²) in [6.07, 6.45) is -2.96. The highest BCUT2D eigenvalue weighted by Crippen LogP contribution is 2.32. The Morgan fingerprint density at radius 1 is 1.09 bits per heavy atom. The van der Waals surface area contributed by atoms with Crippen LogP contribution in [0.3, 0.4) is 0 Å². The summed E-state index contributed by atoms with van der Waals surface area (Å²) in [5.41, 5.74) is 1.85. The molecule has 2 aromatic carbocycles. The van der Waals surface area contributed by atoms with Gasteiger partial charge in [0.15, 0.2) is 6.10 Å². The molecule has 0 fully saturated rings. The molecular weight excluding hydrogens is 467 g/mol. The van der Waals surface area contributed by atoms with Gasteiger partial charge in [-0.1, -0.05) is 18.2 Å². The van der Waals surface area contributed by atoms with Crippen molar-refractivity contribution in [3.05, 3.63) is 70.2 Å². The van der Waals surface area contributed by atoms with Gasteiger partial charge in [0.1, 0.15) is 17.4 Å². The lowest BCUT2D eigenvalue weighted by atomic mass is 10.0. The van der Waals surface area contributed by atoms with Crippen LogP contribution in [0.15, 0.2) is 48.7 Å². The first-order valence-electron chi connectivity index (χ1n) is 10.8. The number of esters is 1. The predicted octanol–water partition coefficient (Wildman–Crippen LogP) is 6.23. The van der Waals surface area contributed by atoms with Crippen molar-refractivity contribution >= 4 is 17.3 Å². The van der Waals surface area contributed by atoms with Gasteiger partial charge in [-0.3, -0.25) is 0 Å². The van der Waals surface area contributed by atoms with E-state index in [-0.39, 0.29) is 12.6 Å². The van der Waals surface area contributed by atoms with E-state index in [9.17, 15) is 18.0 Å². The minimum absolute atomic E-state index is 0.279. The van der Waals surface area contributed by atoms with Crippen LogP contribution in [-0.4, -0.2) is 30.3 Å². The molecule has 0 radical (unpaired) electrons. The Kier molecular flexibility index (Phi) is 8.68. The average Bonchev–Trinajstić information content (AvgIpc) is 3.27. The van der Waals surface area contributed by atoms with Gasteiger partial charge in [0.05, 0.1) is 17.0 Å². The van der Waals surface area contributed by atoms with E-state index in [0.717, 1.165) is 28.1 Å². The average molecular weight is 494 g/mol. The van der Waals surface area contributed by atoms with Gasteiger partial charge >= 0.3 is 12.1 Å². The number of nitrogens with zero attached hydrogens (tertiary/aromatic N) is 1. The van der Waals surface area contributed by atoms with Crippen molar-refractivity contribution in [2.75, 3.05) is 13.2 Å². The number of thiazole rings is 1. The summed E-state index contributed by atoms with van der Waals surface area (Å²) in [5, 5.41) is 0.625. The summed E-state index contributed by atoms with van der Waals surface area (Å²) >= 11 is 1.36. The number of carbonyl (C=O) groups is 1. The highest BCUT2D eigenvalue weighted by molar-refractivity contribution is 7.15. The maximum atomic E-state index is 12.7. The number of ether oxygens (including phenoxy) is 3. The van der Waals surface area contributed by atoms with E-state index in [1.54, 1.807) is 13.1 Å². The molecule has 0 bridgehead atoms. The Morgan fingerprint density at radius 2 is 1.82 bits per heavy atom. The van der Waals surface area contributed by atoms with Crippen molar-refractivity contribution in [3.63, 3.8) is 0 Å². The fourth-order valence-corrected chi connectivity index (χ4v) is 4.13. The molecule has 1 unspecified atom stereocenters. The van der Waals surface area contributed by atoms with Gasteiger partial charge in [0.2, 0.25) is 0 Å². The Morgan fingerprint density at radius 3 is 2.44 bits per heavy atom. The molecule has 3 rings (SSSR count). The van der Waals surface area contributed by atoms with Crippen LogP contribution in [0.1, 0.15) is 35.4 Å². The van der Waals surface area contributed by atoms with E-state index < -0.39 is 17.8 Å². The van der Waals surface area contributed by atoms with Crippen LogP contribution in [0.2, 0.25) is 0 Å². The molecule has 0 aliphatic rings. The molecule has 1 heterocycles. The van der Waals surface area contributed by atoms with Crippen LogP contribution in [0.5, 0.6) is 5.75 Å². The first-order valence-corrected chi connectivity index (χ1v) is 11.7. The first-order chi connectivity index (χ1) is 16.2. The third kappa shape index (κ3) is 6.80. The molecular formula is C25H26F3NO4S. The number of hydrogen-bond donors (Lipinski definition) is 0. The molecule has 0 aliphatic carbocycles. The van der Waals surface area contributed by atoms with Crippen LogP contribution in [0, 0.1) is 6.92 Å². The summed E-state index contributed by atoms with van der Waals surface area (Å²) in [4.78, 5) is 17.3. The van der Waals surface area contributed by atoms with Gasteiger partial charge in [0, 0.05) is 24.8 Å². The van der Waals surface area contributed by atoms with E-state index >= 15 is 0 Å². The second-order valence-corrected chi connectivity index (χ2v) is 8.60. The zero-order valence-corrected chi connectivity index (χ0v) is 20.0. The molecule has 182 valence electrons. The molecule has 0 spiro atoms. The zero-order chi connectivity index (χ0) is 24.7.